The van der Waals surface area contributed by atoms with Crippen molar-refractivity contribution < 1.29 is 19.1 Å². The van der Waals surface area contributed by atoms with Gasteiger partial charge in [0.2, 0.25) is 5.82 Å². The van der Waals surface area contributed by atoms with Gasteiger partial charge < -0.3 is 14.8 Å². The Morgan fingerprint density at radius 1 is 0.973 bits per heavy atom. The Balaban J connectivity index is 1.33. The molecular formula is C28H29N5O4. The summed E-state index contributed by atoms with van der Waals surface area (Å²) >= 11 is 0. The van der Waals surface area contributed by atoms with E-state index in [1.165, 1.54) is 30.2 Å². The van der Waals surface area contributed by atoms with Crippen molar-refractivity contribution in [2.75, 3.05) is 19.0 Å². The number of nitrogens with zero attached hydrogens (tertiary/aromatic N) is 4. The Bertz CT molecular complexity index is 1300. The maximum atomic E-state index is 13.3. The Morgan fingerprint density at radius 3 is 2.57 bits per heavy atom. The van der Waals surface area contributed by atoms with Gasteiger partial charge in [-0.15, -0.1) is 0 Å². The van der Waals surface area contributed by atoms with E-state index >= 15 is 0 Å². The fourth-order valence-electron chi connectivity index (χ4n) is 4.61. The van der Waals surface area contributed by atoms with Gasteiger partial charge in [-0.2, -0.15) is 5.10 Å². The summed E-state index contributed by atoms with van der Waals surface area (Å²) in [6.45, 7) is 0.512. The van der Waals surface area contributed by atoms with Gasteiger partial charge in [-0.05, 0) is 81.0 Å². The number of carbonyl (C=O) groups excluding carboxylic acids is 2. The highest BCUT2D eigenvalue weighted by Crippen LogP contribution is 2.33. The summed E-state index contributed by atoms with van der Waals surface area (Å²) < 4.78 is 11.8. The summed E-state index contributed by atoms with van der Waals surface area (Å²) in [5.74, 6) is 0.780. The second-order valence-corrected chi connectivity index (χ2v) is 9.08. The molecule has 0 spiro atoms. The molecule has 1 aromatic heterocycles. The van der Waals surface area contributed by atoms with Gasteiger partial charge in [-0.25, -0.2) is 15.0 Å². The number of hydrogen-bond donors (Lipinski definition) is 1. The maximum absolute atomic E-state index is 13.3. The average molecular weight is 500 g/mol. The second kappa shape index (κ2) is 11.2. The lowest BCUT2D eigenvalue weighted by molar-refractivity contribution is 0.0751. The number of hydrazone groups is 1. The minimum Gasteiger partial charge on any atom is -0.493 e. The third-order valence-corrected chi connectivity index (χ3v) is 6.49. The maximum Gasteiger partial charge on any atom is 0.293 e. The first-order chi connectivity index (χ1) is 18.1. The molecule has 190 valence electrons. The number of hydrogen-bond acceptors (Lipinski definition) is 7. The number of anilines is 1. The zero-order valence-electron chi connectivity index (χ0n) is 20.7. The lowest BCUT2D eigenvalue weighted by Crippen LogP contribution is -2.32. The molecule has 2 aliphatic rings. The van der Waals surface area contributed by atoms with Gasteiger partial charge in [-0.3, -0.25) is 9.59 Å². The third kappa shape index (κ3) is 5.77. The van der Waals surface area contributed by atoms with Crippen LogP contribution in [0.5, 0.6) is 11.5 Å². The summed E-state index contributed by atoms with van der Waals surface area (Å²) in [7, 11) is 1.64. The van der Waals surface area contributed by atoms with Gasteiger partial charge in [0.1, 0.15) is 0 Å². The normalized spacial score (nSPS) is 15.7. The third-order valence-electron chi connectivity index (χ3n) is 6.49. The van der Waals surface area contributed by atoms with Crippen LogP contribution in [0.4, 0.5) is 5.69 Å². The fourth-order valence-corrected chi connectivity index (χ4v) is 4.61. The average Bonchev–Trinajstić information content (AvgIpc) is 3.46. The molecule has 2 heterocycles. The van der Waals surface area contributed by atoms with E-state index in [2.05, 4.69) is 15.3 Å². The summed E-state index contributed by atoms with van der Waals surface area (Å²) in [4.78, 5) is 33.6. The molecule has 2 amide bonds. The molecule has 1 saturated carbocycles. The van der Waals surface area contributed by atoms with E-state index in [0.717, 1.165) is 37.0 Å². The van der Waals surface area contributed by atoms with E-state index in [1.807, 2.05) is 18.2 Å². The van der Waals surface area contributed by atoms with Crippen LogP contribution in [0.1, 0.15) is 65.1 Å². The standard InChI is InChI=1S/C28H29N5O4/c1-36-24-13-12-19(18-25(24)37-22-9-2-3-10-22)23-11-5-16-33(32-23)28(35)20-7-4-8-21(17-20)31-27(34)26-29-14-6-15-30-26/h4,6-8,12-15,17-18,22H,2-3,5,9-11,16H2,1H3,(H,31,34). The van der Waals surface area contributed by atoms with Crippen LogP contribution in [0.2, 0.25) is 0 Å². The van der Waals surface area contributed by atoms with Crippen molar-refractivity contribution in [3.8, 4) is 11.5 Å². The molecule has 1 fully saturated rings. The number of aromatic nitrogens is 2. The molecule has 1 N–H and O–H groups in total. The highest BCUT2D eigenvalue weighted by atomic mass is 16.5. The van der Waals surface area contributed by atoms with Gasteiger partial charge in [0.15, 0.2) is 11.5 Å². The molecule has 2 aromatic carbocycles. The molecule has 9 heteroatoms. The van der Waals surface area contributed by atoms with E-state index in [0.29, 0.717) is 29.3 Å². The van der Waals surface area contributed by atoms with Crippen molar-refractivity contribution >= 4 is 23.2 Å². The molecule has 0 atom stereocenters. The Hall–Kier alpha value is -4.27. The predicted octanol–water partition coefficient (Wildman–Crippen LogP) is 4.70. The minimum atomic E-state index is -0.446. The minimum absolute atomic E-state index is 0.0558. The van der Waals surface area contributed by atoms with E-state index in [4.69, 9.17) is 14.6 Å². The summed E-state index contributed by atoms with van der Waals surface area (Å²) in [6, 6.07) is 14.2. The lowest BCUT2D eigenvalue weighted by Gasteiger charge is -2.24. The predicted molar refractivity (Wildman–Crippen MR) is 139 cm³/mol. The molecule has 0 radical (unpaired) electrons. The van der Waals surface area contributed by atoms with Crippen molar-refractivity contribution in [1.82, 2.24) is 15.0 Å². The van der Waals surface area contributed by atoms with Gasteiger partial charge in [-0.1, -0.05) is 6.07 Å². The van der Waals surface area contributed by atoms with Crippen molar-refractivity contribution in [2.24, 2.45) is 5.10 Å². The molecule has 1 aliphatic heterocycles. The van der Waals surface area contributed by atoms with E-state index < -0.39 is 5.91 Å². The van der Waals surface area contributed by atoms with Gasteiger partial charge in [0.05, 0.1) is 18.9 Å². The van der Waals surface area contributed by atoms with Crippen LogP contribution < -0.4 is 14.8 Å². The molecule has 0 saturated heterocycles. The SMILES string of the molecule is COc1ccc(C2=NN(C(=O)c3cccc(NC(=O)c4ncccn4)c3)CCC2)cc1OC1CCCC1. The first-order valence-corrected chi connectivity index (χ1v) is 12.5. The number of rotatable bonds is 7. The number of ether oxygens (including phenoxy) is 2. The fraction of sp³-hybridized carbons (Fsp3) is 0.321. The number of benzene rings is 2. The molecule has 0 unspecified atom stereocenters. The van der Waals surface area contributed by atoms with Crippen LogP contribution >= 0.6 is 0 Å². The summed E-state index contributed by atoms with van der Waals surface area (Å²) in [5, 5.41) is 8.92. The number of carbonyl (C=O) groups is 2. The van der Waals surface area contributed by atoms with Crippen LogP contribution in [0, 0.1) is 0 Å². The first-order valence-electron chi connectivity index (χ1n) is 12.5. The van der Waals surface area contributed by atoms with Crippen molar-refractivity contribution in [3.05, 3.63) is 77.9 Å². The lowest BCUT2D eigenvalue weighted by atomic mass is 10.0. The van der Waals surface area contributed by atoms with Gasteiger partial charge >= 0.3 is 0 Å². The van der Waals surface area contributed by atoms with E-state index in [-0.39, 0.29) is 17.8 Å². The van der Waals surface area contributed by atoms with Gasteiger partial charge in [0.25, 0.3) is 11.8 Å². The first kappa shape index (κ1) is 24.4. The van der Waals surface area contributed by atoms with Gasteiger partial charge in [0, 0.05) is 35.8 Å². The Morgan fingerprint density at radius 2 is 1.78 bits per heavy atom. The quantitative estimate of drug-likeness (QED) is 0.505. The highest BCUT2D eigenvalue weighted by Gasteiger charge is 2.23. The van der Waals surface area contributed by atoms with Crippen molar-refractivity contribution in [2.45, 2.75) is 44.6 Å². The smallest absolute Gasteiger partial charge is 0.293 e. The summed E-state index contributed by atoms with van der Waals surface area (Å²) in [6.07, 6.45) is 9.22. The number of nitrogens with one attached hydrogen (secondary N) is 1. The largest absolute Gasteiger partial charge is 0.493 e. The summed E-state index contributed by atoms with van der Waals surface area (Å²) in [5.41, 5.74) is 2.64. The Kier molecular flexibility index (Phi) is 7.39. The van der Waals surface area contributed by atoms with E-state index in [1.54, 1.807) is 37.4 Å². The molecule has 37 heavy (non-hydrogen) atoms. The molecule has 5 rings (SSSR count). The van der Waals surface area contributed by atoms with Crippen LogP contribution in [0.25, 0.3) is 0 Å². The molecule has 9 nitrogen and oxygen atoms in total. The second-order valence-electron chi connectivity index (χ2n) is 9.08. The zero-order chi connectivity index (χ0) is 25.6. The van der Waals surface area contributed by atoms with Crippen molar-refractivity contribution in [3.63, 3.8) is 0 Å². The molecule has 0 bridgehead atoms. The molecule has 1 aliphatic carbocycles. The van der Waals surface area contributed by atoms with Crippen LogP contribution in [0.15, 0.2) is 66.0 Å². The number of methoxy groups -OCH3 is 1. The Labute approximate surface area is 215 Å². The van der Waals surface area contributed by atoms with Crippen LogP contribution in [0.3, 0.4) is 0 Å². The number of amides is 2. The van der Waals surface area contributed by atoms with Crippen LogP contribution in [-0.2, 0) is 0 Å². The monoisotopic (exact) mass is 499 g/mol. The molecule has 3 aromatic rings. The molecular weight excluding hydrogens is 470 g/mol. The van der Waals surface area contributed by atoms with E-state index in [9.17, 15) is 9.59 Å². The zero-order valence-corrected chi connectivity index (χ0v) is 20.7. The topological polar surface area (TPSA) is 106 Å². The van der Waals surface area contributed by atoms with Crippen molar-refractivity contribution in [1.29, 1.82) is 0 Å². The van der Waals surface area contributed by atoms with Crippen LogP contribution in [-0.4, -0.2) is 52.3 Å². The highest BCUT2D eigenvalue weighted by molar-refractivity contribution is 6.04.